The Morgan fingerprint density at radius 2 is 2.24 bits per heavy atom. The standard InChI is InChI=1S/C15H17NO/c1-3-5-9-16-10-8-13-12-14(17-11-4-2)6-7-15(13)16/h1,6-8,10,12H,4-5,9,11H2,2H3. The van der Waals surface area contributed by atoms with Gasteiger partial charge in [0.2, 0.25) is 0 Å². The summed E-state index contributed by atoms with van der Waals surface area (Å²) in [5.74, 6) is 3.60. The summed E-state index contributed by atoms with van der Waals surface area (Å²) in [6.07, 6.45) is 9.15. The highest BCUT2D eigenvalue weighted by atomic mass is 16.5. The normalized spacial score (nSPS) is 10.4. The number of ether oxygens (including phenoxy) is 1. The number of fused-ring (bicyclic) bond motifs is 1. The number of nitrogens with zero attached hydrogens (tertiary/aromatic N) is 1. The highest BCUT2D eigenvalue weighted by molar-refractivity contribution is 5.81. The van der Waals surface area contributed by atoms with Gasteiger partial charge in [-0.25, -0.2) is 0 Å². The second kappa shape index (κ2) is 5.45. The third-order valence-electron chi connectivity index (χ3n) is 2.71. The summed E-state index contributed by atoms with van der Waals surface area (Å²) in [6, 6.07) is 8.29. The van der Waals surface area contributed by atoms with E-state index in [-0.39, 0.29) is 0 Å². The van der Waals surface area contributed by atoms with Crippen LogP contribution in [-0.2, 0) is 6.54 Å². The van der Waals surface area contributed by atoms with E-state index in [0.717, 1.165) is 31.7 Å². The minimum absolute atomic E-state index is 0.762. The van der Waals surface area contributed by atoms with Gasteiger partial charge in [0, 0.05) is 30.1 Å². The van der Waals surface area contributed by atoms with Gasteiger partial charge in [-0.2, -0.15) is 0 Å². The molecule has 2 aromatic rings. The summed E-state index contributed by atoms with van der Waals surface area (Å²) >= 11 is 0. The fraction of sp³-hybridized carbons (Fsp3) is 0.333. The third kappa shape index (κ3) is 2.62. The van der Waals surface area contributed by atoms with Crippen molar-refractivity contribution in [2.24, 2.45) is 0 Å². The predicted octanol–water partition coefficient (Wildman–Crippen LogP) is 3.45. The molecular weight excluding hydrogens is 210 g/mol. The lowest BCUT2D eigenvalue weighted by Gasteiger charge is -2.06. The summed E-state index contributed by atoms with van der Waals surface area (Å²) < 4.78 is 7.79. The molecule has 2 nitrogen and oxygen atoms in total. The second-order valence-electron chi connectivity index (χ2n) is 4.03. The van der Waals surface area contributed by atoms with E-state index in [1.807, 2.05) is 6.07 Å². The van der Waals surface area contributed by atoms with Crippen LogP contribution in [0, 0.1) is 12.3 Å². The van der Waals surface area contributed by atoms with Gasteiger partial charge in [-0.1, -0.05) is 6.92 Å². The largest absolute Gasteiger partial charge is 0.494 e. The first-order chi connectivity index (χ1) is 8.35. The van der Waals surface area contributed by atoms with E-state index in [1.54, 1.807) is 0 Å². The van der Waals surface area contributed by atoms with Crippen molar-refractivity contribution in [2.45, 2.75) is 26.3 Å². The molecule has 0 aliphatic heterocycles. The number of benzene rings is 1. The number of terminal acetylenes is 1. The van der Waals surface area contributed by atoms with Crippen molar-refractivity contribution in [1.82, 2.24) is 4.57 Å². The molecule has 0 fully saturated rings. The number of aryl methyl sites for hydroxylation is 1. The second-order valence-corrected chi connectivity index (χ2v) is 4.03. The summed E-state index contributed by atoms with van der Waals surface area (Å²) in [4.78, 5) is 0. The Morgan fingerprint density at radius 3 is 3.00 bits per heavy atom. The van der Waals surface area contributed by atoms with Gasteiger partial charge in [0.05, 0.1) is 6.61 Å². The molecule has 0 aliphatic carbocycles. The van der Waals surface area contributed by atoms with Crippen LogP contribution in [0.3, 0.4) is 0 Å². The monoisotopic (exact) mass is 227 g/mol. The van der Waals surface area contributed by atoms with Crippen LogP contribution in [0.15, 0.2) is 30.5 Å². The van der Waals surface area contributed by atoms with E-state index < -0.39 is 0 Å². The van der Waals surface area contributed by atoms with E-state index >= 15 is 0 Å². The van der Waals surface area contributed by atoms with Crippen molar-refractivity contribution < 1.29 is 4.74 Å². The molecule has 0 aliphatic rings. The molecule has 2 heteroatoms. The van der Waals surface area contributed by atoms with Crippen LogP contribution in [0.5, 0.6) is 5.75 Å². The van der Waals surface area contributed by atoms with Gasteiger partial charge in [-0.3, -0.25) is 0 Å². The molecule has 0 amide bonds. The zero-order chi connectivity index (χ0) is 12.1. The number of rotatable bonds is 5. The van der Waals surface area contributed by atoms with Crippen molar-refractivity contribution >= 4 is 10.9 Å². The van der Waals surface area contributed by atoms with E-state index in [1.165, 1.54) is 10.9 Å². The molecule has 0 N–H and O–H groups in total. The number of hydrogen-bond acceptors (Lipinski definition) is 1. The maximum atomic E-state index is 5.61. The Bertz CT molecular complexity index is 533. The molecule has 0 unspecified atom stereocenters. The van der Waals surface area contributed by atoms with Crippen LogP contribution in [0.1, 0.15) is 19.8 Å². The average Bonchev–Trinajstić information content (AvgIpc) is 2.76. The molecule has 1 heterocycles. The lowest BCUT2D eigenvalue weighted by Crippen LogP contribution is -1.96. The molecule has 2 rings (SSSR count). The fourth-order valence-corrected chi connectivity index (χ4v) is 1.87. The number of aromatic nitrogens is 1. The first-order valence-electron chi connectivity index (χ1n) is 6.00. The van der Waals surface area contributed by atoms with Crippen LogP contribution in [0.4, 0.5) is 0 Å². The van der Waals surface area contributed by atoms with Crippen LogP contribution in [0.25, 0.3) is 10.9 Å². The molecule has 0 saturated heterocycles. The first kappa shape index (κ1) is 11.6. The van der Waals surface area contributed by atoms with E-state index in [9.17, 15) is 0 Å². The van der Waals surface area contributed by atoms with Crippen molar-refractivity contribution in [2.75, 3.05) is 6.61 Å². The Kier molecular flexibility index (Phi) is 3.72. The van der Waals surface area contributed by atoms with Crippen molar-refractivity contribution in [3.8, 4) is 18.1 Å². The van der Waals surface area contributed by atoms with Gasteiger partial charge in [0.25, 0.3) is 0 Å². The summed E-state index contributed by atoms with van der Waals surface area (Å²) in [5.41, 5.74) is 1.21. The Balaban J connectivity index is 2.22. The molecule has 1 aromatic heterocycles. The highest BCUT2D eigenvalue weighted by Gasteiger charge is 2.02. The maximum Gasteiger partial charge on any atom is 0.120 e. The van der Waals surface area contributed by atoms with Gasteiger partial charge >= 0.3 is 0 Å². The fourth-order valence-electron chi connectivity index (χ4n) is 1.87. The van der Waals surface area contributed by atoms with E-state index in [2.05, 4.69) is 41.8 Å². The van der Waals surface area contributed by atoms with Crippen molar-refractivity contribution in [3.05, 3.63) is 30.5 Å². The molecule has 1 aromatic carbocycles. The van der Waals surface area contributed by atoms with Gasteiger partial charge in [-0.15, -0.1) is 12.3 Å². The Labute approximate surface area is 102 Å². The van der Waals surface area contributed by atoms with Gasteiger partial charge in [-0.05, 0) is 30.7 Å². The summed E-state index contributed by atoms with van der Waals surface area (Å²) in [6.45, 7) is 3.74. The Morgan fingerprint density at radius 1 is 1.35 bits per heavy atom. The van der Waals surface area contributed by atoms with Crippen LogP contribution in [0.2, 0.25) is 0 Å². The Hall–Kier alpha value is -1.88. The zero-order valence-corrected chi connectivity index (χ0v) is 10.1. The molecule has 0 spiro atoms. The molecular formula is C15H17NO. The first-order valence-corrected chi connectivity index (χ1v) is 6.00. The van der Waals surface area contributed by atoms with Crippen LogP contribution < -0.4 is 4.74 Å². The van der Waals surface area contributed by atoms with E-state index in [0.29, 0.717) is 0 Å². The zero-order valence-electron chi connectivity index (χ0n) is 10.1. The van der Waals surface area contributed by atoms with Gasteiger partial charge in [0.1, 0.15) is 5.75 Å². The van der Waals surface area contributed by atoms with Gasteiger partial charge in [0.15, 0.2) is 0 Å². The molecule has 0 radical (unpaired) electrons. The minimum atomic E-state index is 0.762. The summed E-state index contributed by atoms with van der Waals surface area (Å²) in [5, 5.41) is 1.20. The van der Waals surface area contributed by atoms with Crippen LogP contribution >= 0.6 is 0 Å². The molecule has 17 heavy (non-hydrogen) atoms. The molecule has 0 bridgehead atoms. The minimum Gasteiger partial charge on any atom is -0.494 e. The lowest BCUT2D eigenvalue weighted by atomic mass is 10.2. The van der Waals surface area contributed by atoms with Crippen LogP contribution in [-0.4, -0.2) is 11.2 Å². The average molecular weight is 227 g/mol. The molecule has 0 atom stereocenters. The maximum absolute atomic E-state index is 5.61. The molecule has 88 valence electrons. The predicted molar refractivity (Wildman–Crippen MR) is 71.2 cm³/mol. The van der Waals surface area contributed by atoms with Crippen molar-refractivity contribution in [1.29, 1.82) is 0 Å². The van der Waals surface area contributed by atoms with Gasteiger partial charge < -0.3 is 9.30 Å². The molecule has 0 saturated carbocycles. The topological polar surface area (TPSA) is 14.2 Å². The SMILES string of the molecule is C#CCCn1ccc2cc(OCCC)ccc21. The van der Waals surface area contributed by atoms with E-state index in [4.69, 9.17) is 11.2 Å². The summed E-state index contributed by atoms with van der Waals surface area (Å²) in [7, 11) is 0. The lowest BCUT2D eigenvalue weighted by molar-refractivity contribution is 0.318. The van der Waals surface area contributed by atoms with Crippen molar-refractivity contribution in [3.63, 3.8) is 0 Å². The number of hydrogen-bond donors (Lipinski definition) is 0. The highest BCUT2D eigenvalue weighted by Crippen LogP contribution is 2.22. The quantitative estimate of drug-likeness (QED) is 0.713. The smallest absolute Gasteiger partial charge is 0.120 e. The third-order valence-corrected chi connectivity index (χ3v) is 2.71.